The highest BCUT2D eigenvalue weighted by Crippen LogP contribution is 2.26. The normalized spacial score (nSPS) is 16.7. The van der Waals surface area contributed by atoms with E-state index in [4.69, 9.17) is 0 Å². The molecule has 0 atom stereocenters. The van der Waals surface area contributed by atoms with Crippen molar-refractivity contribution in [1.82, 2.24) is 4.98 Å². The molecule has 0 aliphatic heterocycles. The van der Waals surface area contributed by atoms with Crippen molar-refractivity contribution in [2.24, 2.45) is 5.92 Å². The van der Waals surface area contributed by atoms with Crippen LogP contribution in [0.3, 0.4) is 0 Å². The Balaban J connectivity index is 1.83. The van der Waals surface area contributed by atoms with Gasteiger partial charge in [0.25, 0.3) is 0 Å². The van der Waals surface area contributed by atoms with E-state index >= 15 is 0 Å². The highest BCUT2D eigenvalue weighted by Gasteiger charge is 2.16. The second kappa shape index (κ2) is 3.73. The van der Waals surface area contributed by atoms with Crippen LogP contribution in [0, 0.1) is 11.9 Å². The molecule has 1 heterocycles. The summed E-state index contributed by atoms with van der Waals surface area (Å²) in [6, 6.07) is 3.10. The van der Waals surface area contributed by atoms with Crippen molar-refractivity contribution in [2.45, 2.75) is 19.3 Å². The lowest BCUT2D eigenvalue weighted by atomic mass is 9.85. The van der Waals surface area contributed by atoms with Crippen LogP contribution in [0.15, 0.2) is 18.3 Å². The van der Waals surface area contributed by atoms with E-state index in [-0.39, 0.29) is 0 Å². The van der Waals surface area contributed by atoms with Gasteiger partial charge in [-0.1, -0.05) is 6.42 Å². The van der Waals surface area contributed by atoms with Crippen LogP contribution in [0.1, 0.15) is 19.3 Å². The number of pyridine rings is 1. The lowest BCUT2D eigenvalue weighted by molar-refractivity contribution is 0.333. The molecule has 70 valence electrons. The summed E-state index contributed by atoms with van der Waals surface area (Å²) in [6.45, 7) is 0.993. The third-order valence-corrected chi connectivity index (χ3v) is 2.55. The highest BCUT2D eigenvalue weighted by atomic mass is 19.1. The first-order valence-electron chi connectivity index (χ1n) is 4.70. The Bertz CT molecular complexity index is 267. The molecule has 1 fully saturated rings. The number of anilines is 1. The van der Waals surface area contributed by atoms with Gasteiger partial charge in [0.05, 0.1) is 11.9 Å². The topological polar surface area (TPSA) is 24.9 Å². The standard InChI is InChI=1S/C10H13FN2/c11-10-5-4-9(7-13-10)12-6-8-2-1-3-8/h4-5,7-8,12H,1-3,6H2. The molecule has 2 nitrogen and oxygen atoms in total. The Kier molecular flexibility index (Phi) is 2.43. The van der Waals surface area contributed by atoms with Crippen LogP contribution in [-0.2, 0) is 0 Å². The van der Waals surface area contributed by atoms with Crippen LogP contribution < -0.4 is 5.32 Å². The fourth-order valence-corrected chi connectivity index (χ4v) is 1.44. The second-order valence-corrected chi connectivity index (χ2v) is 3.55. The summed E-state index contributed by atoms with van der Waals surface area (Å²) in [5, 5.41) is 3.24. The van der Waals surface area contributed by atoms with Gasteiger partial charge in [-0.2, -0.15) is 4.39 Å². The van der Waals surface area contributed by atoms with Crippen molar-refractivity contribution in [1.29, 1.82) is 0 Å². The molecule has 1 saturated carbocycles. The monoisotopic (exact) mass is 180 g/mol. The first-order chi connectivity index (χ1) is 6.34. The smallest absolute Gasteiger partial charge is 0.212 e. The van der Waals surface area contributed by atoms with Crippen molar-refractivity contribution >= 4 is 5.69 Å². The molecule has 0 radical (unpaired) electrons. The van der Waals surface area contributed by atoms with Gasteiger partial charge < -0.3 is 5.32 Å². The number of aromatic nitrogens is 1. The Labute approximate surface area is 77.2 Å². The van der Waals surface area contributed by atoms with Gasteiger partial charge in [0.1, 0.15) is 0 Å². The van der Waals surface area contributed by atoms with E-state index in [2.05, 4.69) is 10.3 Å². The summed E-state index contributed by atoms with van der Waals surface area (Å²) in [4.78, 5) is 3.57. The first kappa shape index (κ1) is 8.48. The molecular weight excluding hydrogens is 167 g/mol. The van der Waals surface area contributed by atoms with E-state index in [9.17, 15) is 4.39 Å². The van der Waals surface area contributed by atoms with E-state index in [0.29, 0.717) is 0 Å². The van der Waals surface area contributed by atoms with Gasteiger partial charge >= 0.3 is 0 Å². The third-order valence-electron chi connectivity index (χ3n) is 2.55. The zero-order valence-electron chi connectivity index (χ0n) is 7.46. The van der Waals surface area contributed by atoms with Gasteiger partial charge in [-0.15, -0.1) is 0 Å². The number of hydrogen-bond donors (Lipinski definition) is 1. The summed E-state index contributed by atoms with van der Waals surface area (Å²) >= 11 is 0. The average molecular weight is 180 g/mol. The molecule has 0 bridgehead atoms. The zero-order chi connectivity index (χ0) is 9.10. The Hall–Kier alpha value is -1.12. The van der Waals surface area contributed by atoms with E-state index < -0.39 is 5.95 Å². The lowest BCUT2D eigenvalue weighted by Crippen LogP contribution is -2.20. The molecule has 1 aromatic rings. The number of hydrogen-bond acceptors (Lipinski definition) is 2. The molecule has 0 saturated heterocycles. The zero-order valence-corrected chi connectivity index (χ0v) is 7.46. The van der Waals surface area contributed by atoms with Crippen molar-refractivity contribution in [3.8, 4) is 0 Å². The minimum Gasteiger partial charge on any atom is -0.384 e. The van der Waals surface area contributed by atoms with E-state index in [1.807, 2.05) is 0 Å². The quantitative estimate of drug-likeness (QED) is 0.722. The summed E-state index contributed by atoms with van der Waals surface area (Å²) in [6.07, 6.45) is 5.53. The molecule has 0 aromatic carbocycles. The van der Waals surface area contributed by atoms with E-state index in [0.717, 1.165) is 18.2 Å². The molecule has 0 spiro atoms. The van der Waals surface area contributed by atoms with Crippen molar-refractivity contribution in [3.63, 3.8) is 0 Å². The number of halogens is 1. The van der Waals surface area contributed by atoms with Crippen LogP contribution in [-0.4, -0.2) is 11.5 Å². The molecule has 0 unspecified atom stereocenters. The Morgan fingerprint density at radius 3 is 2.85 bits per heavy atom. The maximum atomic E-state index is 12.4. The highest BCUT2D eigenvalue weighted by molar-refractivity contribution is 5.39. The minimum atomic E-state index is -0.422. The van der Waals surface area contributed by atoms with Crippen molar-refractivity contribution in [3.05, 3.63) is 24.3 Å². The largest absolute Gasteiger partial charge is 0.384 e. The van der Waals surface area contributed by atoms with Crippen LogP contribution in [0.4, 0.5) is 10.1 Å². The maximum absolute atomic E-state index is 12.4. The summed E-state index contributed by atoms with van der Waals surface area (Å²) in [7, 11) is 0. The molecule has 1 aliphatic rings. The third kappa shape index (κ3) is 2.17. The molecule has 1 N–H and O–H groups in total. The van der Waals surface area contributed by atoms with Crippen LogP contribution >= 0.6 is 0 Å². The fourth-order valence-electron chi connectivity index (χ4n) is 1.44. The van der Waals surface area contributed by atoms with Gasteiger partial charge in [0.2, 0.25) is 5.95 Å². The SMILES string of the molecule is Fc1ccc(NCC2CCC2)cn1. The van der Waals surface area contributed by atoms with Crippen LogP contribution in [0.2, 0.25) is 0 Å². The van der Waals surface area contributed by atoms with Crippen LogP contribution in [0.5, 0.6) is 0 Å². The van der Waals surface area contributed by atoms with Crippen molar-refractivity contribution in [2.75, 3.05) is 11.9 Å². The average Bonchev–Trinajstić information content (AvgIpc) is 2.05. The Morgan fingerprint density at radius 1 is 1.46 bits per heavy atom. The predicted octanol–water partition coefficient (Wildman–Crippen LogP) is 2.43. The number of nitrogens with zero attached hydrogens (tertiary/aromatic N) is 1. The summed E-state index contributed by atoms with van der Waals surface area (Å²) in [5.41, 5.74) is 0.910. The second-order valence-electron chi connectivity index (χ2n) is 3.55. The lowest BCUT2D eigenvalue weighted by Gasteiger charge is -2.25. The van der Waals surface area contributed by atoms with Crippen LogP contribution in [0.25, 0.3) is 0 Å². The molecule has 1 aromatic heterocycles. The predicted molar refractivity (Wildman–Crippen MR) is 50.0 cm³/mol. The Morgan fingerprint density at radius 2 is 2.31 bits per heavy atom. The fraction of sp³-hybridized carbons (Fsp3) is 0.500. The van der Waals surface area contributed by atoms with Crippen molar-refractivity contribution < 1.29 is 4.39 Å². The molecule has 3 heteroatoms. The summed E-state index contributed by atoms with van der Waals surface area (Å²) in [5.74, 6) is 0.388. The molecule has 2 rings (SSSR count). The van der Waals surface area contributed by atoms with Gasteiger partial charge in [-0.3, -0.25) is 0 Å². The number of rotatable bonds is 3. The maximum Gasteiger partial charge on any atom is 0.212 e. The molecule has 1 aliphatic carbocycles. The first-order valence-corrected chi connectivity index (χ1v) is 4.70. The van der Waals surface area contributed by atoms with E-state index in [1.165, 1.54) is 31.5 Å². The molecular formula is C10H13FN2. The van der Waals surface area contributed by atoms with Gasteiger partial charge in [0, 0.05) is 6.54 Å². The summed E-state index contributed by atoms with van der Waals surface area (Å²) < 4.78 is 12.4. The van der Waals surface area contributed by atoms with Gasteiger partial charge in [-0.05, 0) is 30.9 Å². The molecule has 13 heavy (non-hydrogen) atoms. The minimum absolute atomic E-state index is 0.422. The number of nitrogens with one attached hydrogen (secondary N) is 1. The molecule has 0 amide bonds. The van der Waals surface area contributed by atoms with E-state index in [1.54, 1.807) is 6.07 Å². The van der Waals surface area contributed by atoms with Gasteiger partial charge in [-0.25, -0.2) is 4.98 Å². The van der Waals surface area contributed by atoms with Gasteiger partial charge in [0.15, 0.2) is 0 Å².